The number of hydrogen-bond acceptors (Lipinski definition) is 5. The first-order chi connectivity index (χ1) is 8.28. The molecule has 1 aromatic rings. The Bertz CT molecular complexity index is 432. The monoisotopic (exact) mass is 271 g/mol. The number of nitrogens with zero attached hydrogens (tertiary/aromatic N) is 2. The molecule has 2 N–H and O–H groups in total. The predicted molar refractivity (Wildman–Crippen MR) is 72.1 cm³/mol. The number of rotatable bonds is 3. The molecule has 0 atom stereocenters. The zero-order valence-corrected chi connectivity index (χ0v) is 11.4. The third kappa shape index (κ3) is 2.39. The van der Waals surface area contributed by atoms with Crippen molar-refractivity contribution in [3.05, 3.63) is 10.6 Å². The topological polar surface area (TPSA) is 59.2 Å². The minimum Gasteiger partial charge on any atom is -0.346 e. The Labute approximate surface area is 108 Å². The van der Waals surface area contributed by atoms with Gasteiger partial charge in [0.25, 0.3) is 0 Å². The van der Waals surface area contributed by atoms with E-state index in [-0.39, 0.29) is 0 Å². The lowest BCUT2D eigenvalue weighted by Gasteiger charge is -2.25. The molecule has 1 aliphatic carbocycles. The third-order valence-corrected chi connectivity index (χ3v) is 5.74. The second-order valence-corrected chi connectivity index (χ2v) is 7.38. The van der Waals surface area contributed by atoms with Crippen molar-refractivity contribution < 1.29 is 4.21 Å². The molecular formula is C11H17N3OS2. The van der Waals surface area contributed by atoms with Gasteiger partial charge in [-0.2, -0.15) is 0 Å². The fourth-order valence-electron chi connectivity index (χ4n) is 2.14. The summed E-state index contributed by atoms with van der Waals surface area (Å²) < 4.78 is 11.3. The highest BCUT2D eigenvalue weighted by molar-refractivity contribution is 7.85. The van der Waals surface area contributed by atoms with Crippen LogP contribution in [-0.4, -0.2) is 33.8 Å². The zero-order valence-electron chi connectivity index (χ0n) is 9.72. The molecule has 2 heterocycles. The van der Waals surface area contributed by atoms with Gasteiger partial charge in [0.15, 0.2) is 5.13 Å². The van der Waals surface area contributed by atoms with Crippen LogP contribution in [0.1, 0.15) is 29.3 Å². The van der Waals surface area contributed by atoms with Crippen LogP contribution in [0.4, 0.5) is 5.13 Å². The summed E-state index contributed by atoms with van der Waals surface area (Å²) in [5.41, 5.74) is 7.02. The highest BCUT2D eigenvalue weighted by Gasteiger charge is 2.30. The van der Waals surface area contributed by atoms with Gasteiger partial charge in [-0.05, 0) is 12.8 Å². The van der Waals surface area contributed by atoms with Crippen molar-refractivity contribution in [2.45, 2.75) is 25.3 Å². The standard InChI is InChI=1S/C11H17N3OS2/c12-7-9-10(8-1-2-8)13-11(16-9)14-3-5-17(15)6-4-14/h8H,1-7,12H2. The van der Waals surface area contributed by atoms with Gasteiger partial charge in [0.1, 0.15) is 0 Å². The lowest BCUT2D eigenvalue weighted by atomic mass is 10.2. The number of anilines is 1. The van der Waals surface area contributed by atoms with E-state index in [1.165, 1.54) is 23.4 Å². The molecule has 2 fully saturated rings. The largest absolute Gasteiger partial charge is 0.346 e. The summed E-state index contributed by atoms with van der Waals surface area (Å²) >= 11 is 1.73. The van der Waals surface area contributed by atoms with E-state index in [1.807, 2.05) is 0 Å². The van der Waals surface area contributed by atoms with Crippen LogP contribution in [0.25, 0.3) is 0 Å². The van der Waals surface area contributed by atoms with Gasteiger partial charge in [0.05, 0.1) is 5.69 Å². The molecule has 0 aromatic carbocycles. The van der Waals surface area contributed by atoms with Gasteiger partial charge in [0.2, 0.25) is 0 Å². The normalized spacial score (nSPS) is 22.1. The molecule has 1 saturated carbocycles. The van der Waals surface area contributed by atoms with E-state index in [0.29, 0.717) is 12.5 Å². The van der Waals surface area contributed by atoms with Crippen molar-refractivity contribution in [1.29, 1.82) is 0 Å². The number of thiazole rings is 1. The van der Waals surface area contributed by atoms with Gasteiger partial charge in [0, 0.05) is 52.7 Å². The summed E-state index contributed by atoms with van der Waals surface area (Å²) in [7, 11) is -0.621. The molecule has 1 aromatic heterocycles. The SMILES string of the molecule is NCc1sc(N2CCS(=O)CC2)nc1C1CC1. The maximum atomic E-state index is 11.3. The van der Waals surface area contributed by atoms with E-state index in [0.717, 1.165) is 29.7 Å². The fourth-order valence-corrected chi connectivity index (χ4v) is 4.27. The summed E-state index contributed by atoms with van der Waals surface area (Å²) in [6.07, 6.45) is 2.53. The Kier molecular flexibility index (Phi) is 3.19. The molecule has 0 spiro atoms. The van der Waals surface area contributed by atoms with Crippen LogP contribution >= 0.6 is 11.3 Å². The second-order valence-electron chi connectivity index (χ2n) is 4.62. The lowest BCUT2D eigenvalue weighted by Crippen LogP contribution is -2.37. The second kappa shape index (κ2) is 4.66. The summed E-state index contributed by atoms with van der Waals surface area (Å²) in [6, 6.07) is 0. The molecule has 0 amide bonds. The van der Waals surface area contributed by atoms with Crippen LogP contribution in [0.15, 0.2) is 0 Å². The van der Waals surface area contributed by atoms with Crippen LogP contribution in [0.3, 0.4) is 0 Å². The average Bonchev–Trinajstić information content (AvgIpc) is 3.10. The summed E-state index contributed by atoms with van der Waals surface area (Å²) in [5.74, 6) is 2.21. The maximum absolute atomic E-state index is 11.3. The number of nitrogens with two attached hydrogens (primary N) is 1. The minimum absolute atomic E-state index is 0.600. The van der Waals surface area contributed by atoms with Crippen LogP contribution in [0.2, 0.25) is 0 Å². The first-order valence-electron chi connectivity index (χ1n) is 6.07. The molecule has 1 saturated heterocycles. The maximum Gasteiger partial charge on any atom is 0.185 e. The van der Waals surface area contributed by atoms with Crippen molar-refractivity contribution in [3.8, 4) is 0 Å². The van der Waals surface area contributed by atoms with E-state index in [2.05, 4.69) is 4.90 Å². The average molecular weight is 271 g/mol. The molecule has 6 heteroatoms. The molecule has 2 aliphatic rings. The molecule has 94 valence electrons. The first-order valence-corrected chi connectivity index (χ1v) is 8.38. The minimum atomic E-state index is -0.621. The molecule has 4 nitrogen and oxygen atoms in total. The van der Waals surface area contributed by atoms with Gasteiger partial charge in [-0.25, -0.2) is 4.98 Å². The summed E-state index contributed by atoms with van der Waals surface area (Å²) in [6.45, 7) is 2.34. The molecular weight excluding hydrogens is 254 g/mol. The number of hydrogen-bond donors (Lipinski definition) is 1. The van der Waals surface area contributed by atoms with Crippen molar-refractivity contribution >= 4 is 27.3 Å². The Morgan fingerprint density at radius 3 is 2.71 bits per heavy atom. The Morgan fingerprint density at radius 1 is 1.41 bits per heavy atom. The van der Waals surface area contributed by atoms with Crippen LogP contribution in [0, 0.1) is 0 Å². The first kappa shape index (κ1) is 11.6. The summed E-state index contributed by atoms with van der Waals surface area (Å²) in [5, 5.41) is 1.09. The van der Waals surface area contributed by atoms with E-state index >= 15 is 0 Å². The highest BCUT2D eigenvalue weighted by atomic mass is 32.2. The van der Waals surface area contributed by atoms with E-state index in [1.54, 1.807) is 11.3 Å². The van der Waals surface area contributed by atoms with E-state index in [4.69, 9.17) is 10.7 Å². The quantitative estimate of drug-likeness (QED) is 0.892. The van der Waals surface area contributed by atoms with E-state index < -0.39 is 10.8 Å². The van der Waals surface area contributed by atoms with Gasteiger partial charge in [-0.1, -0.05) is 0 Å². The third-order valence-electron chi connectivity index (χ3n) is 3.31. The van der Waals surface area contributed by atoms with Crippen molar-refractivity contribution in [2.75, 3.05) is 29.5 Å². The van der Waals surface area contributed by atoms with Crippen LogP contribution in [-0.2, 0) is 17.3 Å². The Balaban J connectivity index is 1.80. The molecule has 3 rings (SSSR count). The Morgan fingerprint density at radius 2 is 2.12 bits per heavy atom. The highest BCUT2D eigenvalue weighted by Crippen LogP contribution is 2.44. The van der Waals surface area contributed by atoms with Crippen molar-refractivity contribution in [3.63, 3.8) is 0 Å². The molecule has 1 aliphatic heterocycles. The van der Waals surface area contributed by atoms with Crippen molar-refractivity contribution in [2.24, 2.45) is 5.73 Å². The van der Waals surface area contributed by atoms with E-state index in [9.17, 15) is 4.21 Å². The molecule has 0 radical (unpaired) electrons. The predicted octanol–water partition coefficient (Wildman–Crippen LogP) is 1.05. The van der Waals surface area contributed by atoms with Gasteiger partial charge < -0.3 is 10.6 Å². The van der Waals surface area contributed by atoms with Gasteiger partial charge >= 0.3 is 0 Å². The Hall–Kier alpha value is -0.460. The van der Waals surface area contributed by atoms with Gasteiger partial charge in [-0.3, -0.25) is 4.21 Å². The fraction of sp³-hybridized carbons (Fsp3) is 0.727. The van der Waals surface area contributed by atoms with Crippen LogP contribution < -0.4 is 10.6 Å². The summed E-state index contributed by atoms with van der Waals surface area (Å²) in [4.78, 5) is 8.26. The zero-order chi connectivity index (χ0) is 11.8. The molecule has 17 heavy (non-hydrogen) atoms. The molecule has 0 unspecified atom stereocenters. The molecule has 0 bridgehead atoms. The number of aromatic nitrogens is 1. The lowest BCUT2D eigenvalue weighted by molar-refractivity contribution is 0.673. The van der Waals surface area contributed by atoms with Crippen LogP contribution in [0.5, 0.6) is 0 Å². The van der Waals surface area contributed by atoms with Gasteiger partial charge in [-0.15, -0.1) is 11.3 Å². The van der Waals surface area contributed by atoms with Crippen molar-refractivity contribution in [1.82, 2.24) is 4.98 Å². The smallest absolute Gasteiger partial charge is 0.185 e.